The molecule has 1 aliphatic heterocycles. The van der Waals surface area contributed by atoms with Crippen LogP contribution in [0.2, 0.25) is 25.7 Å². The Morgan fingerprint density at radius 3 is 2.61 bits per heavy atom. The molecule has 2 atom stereocenters. The number of fused-ring (bicyclic) bond motifs is 1. The van der Waals surface area contributed by atoms with Gasteiger partial charge in [0.2, 0.25) is 0 Å². The quantitative estimate of drug-likeness (QED) is 0.256. The summed E-state index contributed by atoms with van der Waals surface area (Å²) >= 11 is 0. The highest BCUT2D eigenvalue weighted by molar-refractivity contribution is 6.76. The maximum absolute atomic E-state index is 13.5. The Morgan fingerprint density at radius 2 is 1.92 bits per heavy atom. The number of amides is 2. The van der Waals surface area contributed by atoms with E-state index in [1.165, 1.54) is 6.20 Å². The predicted octanol–water partition coefficient (Wildman–Crippen LogP) is 3.56. The number of nitrogens with zero attached hydrogens (tertiary/aromatic N) is 5. The molecular formula is C27H39N7O3Si. The van der Waals surface area contributed by atoms with E-state index in [2.05, 4.69) is 53.8 Å². The van der Waals surface area contributed by atoms with E-state index in [0.29, 0.717) is 42.1 Å². The molecule has 1 fully saturated rings. The molecule has 3 aromatic rings. The molecule has 0 spiro atoms. The Labute approximate surface area is 225 Å². The monoisotopic (exact) mass is 537 g/mol. The number of anilines is 2. The van der Waals surface area contributed by atoms with Crippen LogP contribution in [0.1, 0.15) is 25.5 Å². The summed E-state index contributed by atoms with van der Waals surface area (Å²) in [5.74, 6) is -1.01. The van der Waals surface area contributed by atoms with Crippen LogP contribution in [0, 0.1) is 0 Å². The molecule has 38 heavy (non-hydrogen) atoms. The summed E-state index contributed by atoms with van der Waals surface area (Å²) in [4.78, 5) is 35.0. The van der Waals surface area contributed by atoms with Gasteiger partial charge < -0.3 is 20.7 Å². The van der Waals surface area contributed by atoms with Gasteiger partial charge in [-0.15, -0.1) is 0 Å². The number of ether oxygens (including phenoxy) is 1. The minimum atomic E-state index is -1.20. The first-order valence-corrected chi connectivity index (χ1v) is 16.9. The molecule has 1 aromatic carbocycles. The molecule has 4 rings (SSSR count). The summed E-state index contributed by atoms with van der Waals surface area (Å²) in [6.07, 6.45) is 3.19. The fourth-order valence-electron chi connectivity index (χ4n) is 4.73. The number of likely N-dealkylation sites (N-methyl/N-ethyl adjacent to an activating group) is 1. The lowest BCUT2D eigenvalue weighted by molar-refractivity contribution is -0.147. The van der Waals surface area contributed by atoms with Crippen molar-refractivity contribution in [3.05, 3.63) is 48.3 Å². The topological polar surface area (TPSA) is 119 Å². The molecule has 11 heteroatoms. The van der Waals surface area contributed by atoms with Crippen LogP contribution in [-0.4, -0.2) is 76.7 Å². The summed E-state index contributed by atoms with van der Waals surface area (Å²) in [6, 6.07) is 10.8. The number of rotatable bonds is 8. The van der Waals surface area contributed by atoms with E-state index in [0.717, 1.165) is 18.2 Å². The number of pyridine rings is 1. The molecule has 2 aromatic heterocycles. The fourth-order valence-corrected chi connectivity index (χ4v) is 5.48. The molecular weight excluding hydrogens is 498 g/mol. The second-order valence-corrected chi connectivity index (χ2v) is 16.7. The van der Waals surface area contributed by atoms with E-state index < -0.39 is 19.9 Å². The van der Waals surface area contributed by atoms with Gasteiger partial charge >= 0.3 is 11.8 Å². The van der Waals surface area contributed by atoms with Gasteiger partial charge in [0.1, 0.15) is 18.1 Å². The zero-order valence-electron chi connectivity index (χ0n) is 23.0. The molecule has 0 radical (unpaired) electrons. The molecule has 1 aliphatic rings. The number of nitrogen functional groups attached to an aromatic ring is 1. The first-order chi connectivity index (χ1) is 18.1. The second kappa shape index (κ2) is 11.6. The van der Waals surface area contributed by atoms with Crippen LogP contribution in [0.4, 0.5) is 11.5 Å². The van der Waals surface area contributed by atoms with Gasteiger partial charge in [0.25, 0.3) is 0 Å². The van der Waals surface area contributed by atoms with Crippen molar-refractivity contribution in [1.29, 1.82) is 0 Å². The highest BCUT2D eigenvalue weighted by Gasteiger charge is 2.37. The first kappa shape index (κ1) is 27.7. The van der Waals surface area contributed by atoms with Gasteiger partial charge in [0.05, 0.1) is 23.3 Å². The summed E-state index contributed by atoms with van der Waals surface area (Å²) in [5.41, 5.74) is 7.90. The lowest BCUT2D eigenvalue weighted by atomic mass is 9.99. The number of hydrogen-bond donors (Lipinski definition) is 2. The Bertz CT molecular complexity index is 1270. The number of benzene rings is 1. The zero-order valence-corrected chi connectivity index (χ0v) is 24.0. The maximum Gasteiger partial charge on any atom is 0.314 e. The SMILES string of the molecule is CCN1CC(c2ccccc2)N(C(=O)C(=O)Nc2cnc(N)c3cn(COCC[Si](C)(C)C)nc23)CC1C. The molecule has 2 amide bonds. The van der Waals surface area contributed by atoms with Crippen molar-refractivity contribution in [3.63, 3.8) is 0 Å². The molecule has 0 bridgehead atoms. The molecule has 3 heterocycles. The normalized spacial score (nSPS) is 18.6. The zero-order chi connectivity index (χ0) is 27.4. The van der Waals surface area contributed by atoms with Crippen LogP contribution in [0.3, 0.4) is 0 Å². The molecule has 1 saturated heterocycles. The van der Waals surface area contributed by atoms with Crippen molar-refractivity contribution in [2.75, 3.05) is 37.3 Å². The Hall–Kier alpha value is -3.28. The van der Waals surface area contributed by atoms with Crippen molar-refractivity contribution in [1.82, 2.24) is 24.6 Å². The maximum atomic E-state index is 13.5. The van der Waals surface area contributed by atoms with E-state index in [9.17, 15) is 9.59 Å². The van der Waals surface area contributed by atoms with Gasteiger partial charge in [-0.1, -0.05) is 56.9 Å². The van der Waals surface area contributed by atoms with Crippen LogP contribution in [0.5, 0.6) is 0 Å². The van der Waals surface area contributed by atoms with Gasteiger partial charge in [-0.05, 0) is 25.1 Å². The molecule has 3 N–H and O–H groups in total. The Kier molecular flexibility index (Phi) is 8.49. The van der Waals surface area contributed by atoms with Gasteiger partial charge in [0, 0.05) is 40.0 Å². The summed E-state index contributed by atoms with van der Waals surface area (Å²) in [6.45, 7) is 14.0. The van der Waals surface area contributed by atoms with E-state index in [4.69, 9.17) is 10.5 Å². The third-order valence-electron chi connectivity index (χ3n) is 7.01. The molecule has 10 nitrogen and oxygen atoms in total. The van der Waals surface area contributed by atoms with Gasteiger partial charge in [-0.25, -0.2) is 9.67 Å². The third-order valence-corrected chi connectivity index (χ3v) is 8.71. The van der Waals surface area contributed by atoms with Gasteiger partial charge in [0.15, 0.2) is 0 Å². The minimum absolute atomic E-state index is 0.137. The summed E-state index contributed by atoms with van der Waals surface area (Å²) in [7, 11) is -1.20. The van der Waals surface area contributed by atoms with Crippen LogP contribution in [0.15, 0.2) is 42.7 Å². The summed E-state index contributed by atoms with van der Waals surface area (Å²) in [5, 5.41) is 7.91. The number of hydrogen-bond acceptors (Lipinski definition) is 7. The van der Waals surface area contributed by atoms with Crippen molar-refractivity contribution in [3.8, 4) is 0 Å². The Morgan fingerprint density at radius 1 is 1.18 bits per heavy atom. The highest BCUT2D eigenvalue weighted by Crippen LogP contribution is 2.29. The number of nitrogens with two attached hydrogens (primary N) is 1. The first-order valence-electron chi connectivity index (χ1n) is 13.2. The molecule has 0 aliphatic carbocycles. The standard InChI is InChI=1S/C27H39N7O3Si/c1-6-32-17-23(20-10-8-7-9-11-20)34(15-19(32)2)27(36)26(35)30-22-14-29-25(28)21-16-33(31-24(21)22)18-37-12-13-38(3,4)5/h7-11,14,16,19,23H,6,12-13,15,17-18H2,1-5H3,(H2,28,29)(H,30,35). The largest absolute Gasteiger partial charge is 0.383 e. The molecule has 0 saturated carbocycles. The van der Waals surface area contributed by atoms with Gasteiger partial charge in [-0.3, -0.25) is 14.5 Å². The number of piperazine rings is 1. The number of aromatic nitrogens is 3. The number of nitrogens with one attached hydrogen (secondary N) is 1. The smallest absolute Gasteiger partial charge is 0.314 e. The average molecular weight is 538 g/mol. The number of carbonyl (C=O) groups excluding carboxylic acids is 2. The summed E-state index contributed by atoms with van der Waals surface area (Å²) < 4.78 is 7.45. The second-order valence-electron chi connectivity index (χ2n) is 11.1. The highest BCUT2D eigenvalue weighted by atomic mass is 28.3. The van der Waals surface area contributed by atoms with E-state index in [1.54, 1.807) is 15.8 Å². The fraction of sp³-hybridized carbons (Fsp3) is 0.481. The molecule has 204 valence electrons. The van der Waals surface area contributed by atoms with Crippen LogP contribution in [0.25, 0.3) is 10.9 Å². The predicted molar refractivity (Wildman–Crippen MR) is 152 cm³/mol. The Balaban J connectivity index is 1.51. The lowest BCUT2D eigenvalue weighted by Crippen LogP contribution is -2.56. The van der Waals surface area contributed by atoms with E-state index in [1.807, 2.05) is 30.3 Å². The molecule has 2 unspecified atom stereocenters. The third kappa shape index (κ3) is 6.40. The van der Waals surface area contributed by atoms with E-state index in [-0.39, 0.29) is 18.8 Å². The van der Waals surface area contributed by atoms with E-state index >= 15 is 0 Å². The number of carbonyl (C=O) groups is 2. The minimum Gasteiger partial charge on any atom is -0.383 e. The van der Waals surface area contributed by atoms with Crippen molar-refractivity contribution in [2.45, 2.75) is 58.3 Å². The van der Waals surface area contributed by atoms with Crippen molar-refractivity contribution >= 4 is 42.3 Å². The van der Waals surface area contributed by atoms with Crippen molar-refractivity contribution in [2.24, 2.45) is 0 Å². The van der Waals surface area contributed by atoms with Crippen LogP contribution < -0.4 is 11.1 Å². The average Bonchev–Trinajstić information content (AvgIpc) is 3.33. The van der Waals surface area contributed by atoms with Crippen molar-refractivity contribution < 1.29 is 14.3 Å². The van der Waals surface area contributed by atoms with Gasteiger partial charge in [-0.2, -0.15) is 5.10 Å². The lowest BCUT2D eigenvalue weighted by Gasteiger charge is -2.45. The van der Waals surface area contributed by atoms with Crippen LogP contribution >= 0.6 is 0 Å². The van der Waals surface area contributed by atoms with Crippen LogP contribution in [-0.2, 0) is 21.1 Å².